The summed E-state index contributed by atoms with van der Waals surface area (Å²) in [5.74, 6) is -0.205. The highest BCUT2D eigenvalue weighted by Gasteiger charge is 2.44. The number of carbonyl (C=O) groups excluding carboxylic acids is 2. The van der Waals surface area contributed by atoms with E-state index in [-0.39, 0.29) is 18.5 Å². The van der Waals surface area contributed by atoms with E-state index in [0.717, 1.165) is 77.0 Å². The van der Waals surface area contributed by atoms with Crippen molar-refractivity contribution in [2.75, 3.05) is 19.8 Å². The van der Waals surface area contributed by atoms with Gasteiger partial charge in [-0.25, -0.2) is 0 Å². The number of rotatable bonds is 58. The Morgan fingerprint density at radius 3 is 1.31 bits per heavy atom. The number of hydrogen-bond donors (Lipinski definition) is 6. The zero-order valence-electron chi connectivity index (χ0n) is 51.5. The lowest BCUT2D eigenvalue weighted by Gasteiger charge is -2.40. The van der Waals surface area contributed by atoms with Gasteiger partial charge in [-0.2, -0.15) is 0 Å². The van der Waals surface area contributed by atoms with Crippen LogP contribution in [0.25, 0.3) is 0 Å². The number of esters is 1. The predicted octanol–water partition coefficient (Wildman–Crippen LogP) is 16.6. The molecular weight excluding hydrogens is 1000 g/mol. The number of hydrogen-bond acceptors (Lipinski definition) is 10. The summed E-state index contributed by atoms with van der Waals surface area (Å²) in [6.45, 7) is 4.09. The molecule has 0 aromatic carbocycles. The highest BCUT2D eigenvalue weighted by Crippen LogP contribution is 2.23. The molecule has 11 heteroatoms. The summed E-state index contributed by atoms with van der Waals surface area (Å²) >= 11 is 0. The summed E-state index contributed by atoms with van der Waals surface area (Å²) in [7, 11) is 0. The molecule has 0 aromatic heterocycles. The van der Waals surface area contributed by atoms with Crippen LogP contribution in [0.15, 0.2) is 60.8 Å². The van der Waals surface area contributed by atoms with Crippen molar-refractivity contribution < 1.29 is 49.3 Å². The average Bonchev–Trinajstić information content (AvgIpc) is 3.45. The van der Waals surface area contributed by atoms with E-state index in [9.17, 15) is 35.1 Å². The SMILES string of the molecule is C/C=C/CC/C=C/CC/C=C/C(O)C(COC1OC(CO)C(O)C(O)C1O)NC(=O)CCCCCCCCCC/C=C\CCCCCCCCCCCCCCOC(=O)CCCCCCCCCCC/C=C\CCCCCCCC. The zero-order chi connectivity index (χ0) is 58.0. The van der Waals surface area contributed by atoms with Crippen LogP contribution >= 0.6 is 0 Å². The molecule has 0 radical (unpaired) electrons. The molecule has 1 aliphatic rings. The summed E-state index contributed by atoms with van der Waals surface area (Å²) in [6, 6.07) is -0.838. The zero-order valence-corrected chi connectivity index (χ0v) is 51.5. The summed E-state index contributed by atoms with van der Waals surface area (Å²) in [5, 5.41) is 54.2. The fourth-order valence-electron chi connectivity index (χ4n) is 10.3. The van der Waals surface area contributed by atoms with E-state index in [2.05, 4.69) is 54.8 Å². The topological polar surface area (TPSA) is 175 Å². The Hall–Kier alpha value is -2.64. The van der Waals surface area contributed by atoms with Gasteiger partial charge in [-0.3, -0.25) is 9.59 Å². The molecule has 0 aliphatic carbocycles. The first-order chi connectivity index (χ1) is 39.2. The van der Waals surface area contributed by atoms with Crippen LogP contribution in [0.1, 0.15) is 303 Å². The number of amides is 1. The van der Waals surface area contributed by atoms with E-state index in [1.807, 2.05) is 19.1 Å². The third-order valence-electron chi connectivity index (χ3n) is 15.6. The maximum atomic E-state index is 13.0. The lowest BCUT2D eigenvalue weighted by Crippen LogP contribution is -2.60. The van der Waals surface area contributed by atoms with Gasteiger partial charge in [-0.05, 0) is 103 Å². The Morgan fingerprint density at radius 2 is 0.863 bits per heavy atom. The van der Waals surface area contributed by atoms with Gasteiger partial charge < -0.3 is 45.1 Å². The number of aliphatic hydroxyl groups excluding tert-OH is 5. The highest BCUT2D eigenvalue weighted by atomic mass is 16.7. The quantitative estimate of drug-likeness (QED) is 0.0195. The Labute approximate surface area is 490 Å². The standard InChI is InChI=1S/C69H125NO10/c1-3-5-7-9-11-13-14-15-16-17-24-28-31-34-37-41-45-49-53-57-65(74)78-58-54-50-46-42-38-35-32-29-26-23-21-19-18-20-22-25-27-30-33-36-40-44-48-52-56-64(73)70-61(62(72)55-51-47-43-39-12-10-8-6-4-2)60-79-69-68(77)67(76)66(75)63(59-71)80-69/h4,6,12,15-16,20,22,39,51,55,61-63,66-69,71-72,75-77H,3,5,7-11,13-14,17-19,21,23-38,40-50,52-54,56-60H2,1-2H3,(H,70,73)/b6-4+,16-15-,22-20-,39-12+,55-51+. The van der Waals surface area contributed by atoms with Crippen molar-refractivity contribution in [2.45, 2.75) is 346 Å². The first-order valence-corrected chi connectivity index (χ1v) is 33.5. The van der Waals surface area contributed by atoms with Crippen LogP contribution in [0.5, 0.6) is 0 Å². The maximum Gasteiger partial charge on any atom is 0.305 e. The molecule has 7 atom stereocenters. The van der Waals surface area contributed by atoms with Crippen molar-refractivity contribution in [3.63, 3.8) is 0 Å². The van der Waals surface area contributed by atoms with Crippen LogP contribution in [0.3, 0.4) is 0 Å². The van der Waals surface area contributed by atoms with E-state index >= 15 is 0 Å². The molecule has 0 spiro atoms. The van der Waals surface area contributed by atoms with Gasteiger partial charge in [0.25, 0.3) is 0 Å². The number of unbranched alkanes of at least 4 members (excludes halogenated alkanes) is 37. The number of carbonyl (C=O) groups is 2. The maximum absolute atomic E-state index is 13.0. The normalized spacial score (nSPS) is 18.7. The van der Waals surface area contributed by atoms with E-state index in [1.54, 1.807) is 6.08 Å². The van der Waals surface area contributed by atoms with Crippen molar-refractivity contribution in [1.29, 1.82) is 0 Å². The Kier molecular flexibility index (Phi) is 54.8. The Morgan fingerprint density at radius 1 is 0.475 bits per heavy atom. The van der Waals surface area contributed by atoms with Gasteiger partial charge >= 0.3 is 5.97 Å². The summed E-state index contributed by atoms with van der Waals surface area (Å²) in [5.41, 5.74) is 0. The molecule has 7 unspecified atom stereocenters. The van der Waals surface area contributed by atoms with Crippen LogP contribution in [0.2, 0.25) is 0 Å². The van der Waals surface area contributed by atoms with Gasteiger partial charge in [0.1, 0.15) is 24.4 Å². The molecule has 6 N–H and O–H groups in total. The second-order valence-electron chi connectivity index (χ2n) is 23.2. The fraction of sp³-hybridized carbons (Fsp3) is 0.826. The predicted molar refractivity (Wildman–Crippen MR) is 333 cm³/mol. The second kappa shape index (κ2) is 58.1. The third-order valence-corrected chi connectivity index (χ3v) is 15.6. The van der Waals surface area contributed by atoms with Gasteiger partial charge in [0.05, 0.1) is 32.0 Å². The summed E-state index contributed by atoms with van der Waals surface area (Å²) < 4.78 is 16.7. The van der Waals surface area contributed by atoms with Crippen molar-refractivity contribution >= 4 is 11.9 Å². The number of allylic oxidation sites excluding steroid dienone is 9. The molecule has 1 aliphatic heterocycles. The van der Waals surface area contributed by atoms with Crippen LogP contribution in [-0.4, -0.2) is 100 Å². The van der Waals surface area contributed by atoms with Gasteiger partial charge in [-0.15, -0.1) is 0 Å². The largest absolute Gasteiger partial charge is 0.466 e. The number of ether oxygens (including phenoxy) is 3. The van der Waals surface area contributed by atoms with Crippen LogP contribution in [-0.2, 0) is 23.8 Å². The average molecular weight is 1130 g/mol. The number of nitrogens with one attached hydrogen (secondary N) is 1. The fourth-order valence-corrected chi connectivity index (χ4v) is 10.3. The van der Waals surface area contributed by atoms with Crippen LogP contribution < -0.4 is 5.32 Å². The second-order valence-corrected chi connectivity index (χ2v) is 23.2. The van der Waals surface area contributed by atoms with Gasteiger partial charge in [0, 0.05) is 12.8 Å². The first kappa shape index (κ1) is 75.4. The molecule has 11 nitrogen and oxygen atoms in total. The molecular formula is C69H125NO10. The van der Waals surface area contributed by atoms with Crippen molar-refractivity contribution in [3.05, 3.63) is 60.8 Å². The minimum atomic E-state index is -1.58. The molecule has 1 saturated heterocycles. The molecule has 1 amide bonds. The minimum Gasteiger partial charge on any atom is -0.466 e. The molecule has 466 valence electrons. The van der Waals surface area contributed by atoms with Gasteiger partial charge in [0.2, 0.25) is 5.91 Å². The monoisotopic (exact) mass is 1130 g/mol. The van der Waals surface area contributed by atoms with Crippen molar-refractivity contribution in [3.8, 4) is 0 Å². The molecule has 0 saturated carbocycles. The van der Waals surface area contributed by atoms with E-state index in [1.165, 1.54) is 199 Å². The van der Waals surface area contributed by atoms with Crippen LogP contribution in [0, 0.1) is 0 Å². The highest BCUT2D eigenvalue weighted by molar-refractivity contribution is 5.76. The first-order valence-electron chi connectivity index (χ1n) is 33.5. The lowest BCUT2D eigenvalue weighted by molar-refractivity contribution is -0.302. The summed E-state index contributed by atoms with van der Waals surface area (Å²) in [6.07, 6.45) is 66.6. The van der Waals surface area contributed by atoms with Crippen molar-refractivity contribution in [2.24, 2.45) is 0 Å². The molecule has 1 heterocycles. The van der Waals surface area contributed by atoms with Crippen LogP contribution in [0.4, 0.5) is 0 Å². The van der Waals surface area contributed by atoms with Gasteiger partial charge in [0.15, 0.2) is 6.29 Å². The molecule has 1 fully saturated rings. The lowest BCUT2D eigenvalue weighted by atomic mass is 9.99. The van der Waals surface area contributed by atoms with Gasteiger partial charge in [-0.1, -0.05) is 247 Å². The minimum absolute atomic E-state index is 0.000163. The molecule has 80 heavy (non-hydrogen) atoms. The van der Waals surface area contributed by atoms with Crippen molar-refractivity contribution in [1.82, 2.24) is 5.32 Å². The Balaban J connectivity index is 1.94. The molecule has 1 rings (SSSR count). The van der Waals surface area contributed by atoms with E-state index < -0.39 is 49.5 Å². The molecule has 0 bridgehead atoms. The number of aliphatic hydroxyl groups is 5. The van der Waals surface area contributed by atoms with E-state index in [0.29, 0.717) is 19.4 Å². The Bertz CT molecular complexity index is 1510. The third kappa shape index (κ3) is 46.8. The smallest absolute Gasteiger partial charge is 0.305 e. The summed E-state index contributed by atoms with van der Waals surface area (Å²) in [4.78, 5) is 25.1. The molecule has 0 aromatic rings. The van der Waals surface area contributed by atoms with E-state index in [4.69, 9.17) is 14.2 Å².